The van der Waals surface area contributed by atoms with E-state index in [1.54, 1.807) is 5.38 Å². The van der Waals surface area contributed by atoms with Gasteiger partial charge in [-0.1, -0.05) is 41.1 Å². The number of thiazole rings is 1. The second kappa shape index (κ2) is 7.04. The molecule has 0 saturated heterocycles. The molecule has 0 aliphatic rings. The van der Waals surface area contributed by atoms with Crippen LogP contribution in [-0.4, -0.2) is 22.3 Å². The van der Waals surface area contributed by atoms with Crippen molar-refractivity contribution in [2.24, 2.45) is 0 Å². The highest BCUT2D eigenvalue weighted by Gasteiger charge is 2.24. The van der Waals surface area contributed by atoms with Crippen molar-refractivity contribution in [3.8, 4) is 0 Å². The van der Waals surface area contributed by atoms with Crippen LogP contribution < -0.4 is 5.73 Å². The molecule has 2 N–H and O–H groups in total. The van der Waals surface area contributed by atoms with E-state index in [1.807, 2.05) is 36.1 Å². The molecule has 0 fully saturated rings. The molecule has 21 heavy (non-hydrogen) atoms. The molecule has 1 amide bonds. The van der Waals surface area contributed by atoms with Crippen LogP contribution in [0.15, 0.2) is 34.1 Å². The Bertz CT molecular complexity index is 629. The number of nitrogens with zero attached hydrogens (tertiary/aromatic N) is 2. The second-order valence-corrected chi connectivity index (χ2v) is 6.51. The lowest BCUT2D eigenvalue weighted by molar-refractivity contribution is 0.0685. The van der Waals surface area contributed by atoms with E-state index in [0.717, 1.165) is 16.5 Å². The van der Waals surface area contributed by atoms with Gasteiger partial charge in [-0.05, 0) is 25.0 Å². The molecule has 1 unspecified atom stereocenters. The fourth-order valence-corrected chi connectivity index (χ4v) is 3.38. The van der Waals surface area contributed by atoms with E-state index in [2.05, 4.69) is 27.8 Å². The van der Waals surface area contributed by atoms with E-state index in [9.17, 15) is 4.79 Å². The topological polar surface area (TPSA) is 59.2 Å². The highest BCUT2D eigenvalue weighted by atomic mass is 79.9. The highest BCUT2D eigenvalue weighted by Crippen LogP contribution is 2.29. The zero-order valence-electron chi connectivity index (χ0n) is 12.0. The fraction of sp³-hybridized carbons (Fsp3) is 0.333. The Morgan fingerprint density at radius 2 is 2.19 bits per heavy atom. The lowest BCUT2D eigenvalue weighted by Crippen LogP contribution is -2.34. The molecule has 0 bridgehead atoms. The number of anilines is 1. The van der Waals surface area contributed by atoms with Crippen molar-refractivity contribution in [3.63, 3.8) is 0 Å². The zero-order chi connectivity index (χ0) is 15.4. The van der Waals surface area contributed by atoms with E-state index in [1.165, 1.54) is 11.3 Å². The molecule has 0 saturated carbocycles. The predicted octanol–water partition coefficient (Wildman–Crippen LogP) is 4.10. The van der Waals surface area contributed by atoms with Gasteiger partial charge in [0.1, 0.15) is 5.69 Å². The van der Waals surface area contributed by atoms with E-state index >= 15 is 0 Å². The summed E-state index contributed by atoms with van der Waals surface area (Å²) in [4.78, 5) is 18.6. The van der Waals surface area contributed by atoms with Crippen molar-refractivity contribution >= 4 is 38.3 Å². The number of halogens is 1. The summed E-state index contributed by atoms with van der Waals surface area (Å²) >= 11 is 4.84. The van der Waals surface area contributed by atoms with Gasteiger partial charge in [-0.2, -0.15) is 0 Å². The number of carbonyl (C=O) groups excluding carboxylic acids is 1. The third-order valence-corrected chi connectivity index (χ3v) is 4.69. The summed E-state index contributed by atoms with van der Waals surface area (Å²) in [7, 11) is 0. The summed E-state index contributed by atoms with van der Waals surface area (Å²) < 4.78 is 1.00. The van der Waals surface area contributed by atoms with Crippen molar-refractivity contribution in [1.29, 1.82) is 0 Å². The monoisotopic (exact) mass is 367 g/mol. The van der Waals surface area contributed by atoms with Crippen LogP contribution >= 0.6 is 27.3 Å². The number of rotatable bonds is 5. The van der Waals surface area contributed by atoms with Crippen LogP contribution in [0, 0.1) is 0 Å². The molecule has 1 atom stereocenters. The summed E-state index contributed by atoms with van der Waals surface area (Å²) in [5.74, 6) is -0.0759. The molecule has 0 aliphatic heterocycles. The first-order valence-corrected chi connectivity index (χ1v) is 8.48. The van der Waals surface area contributed by atoms with Gasteiger partial charge in [-0.15, -0.1) is 11.3 Å². The Kier molecular flexibility index (Phi) is 5.36. The van der Waals surface area contributed by atoms with Gasteiger partial charge in [-0.25, -0.2) is 4.98 Å². The lowest BCUT2D eigenvalue weighted by atomic mass is 10.1. The average molecular weight is 368 g/mol. The molecule has 1 heterocycles. The van der Waals surface area contributed by atoms with Gasteiger partial charge < -0.3 is 10.6 Å². The van der Waals surface area contributed by atoms with Crippen molar-refractivity contribution in [3.05, 3.63) is 45.4 Å². The third-order valence-electron chi connectivity index (χ3n) is 3.29. The molecule has 6 heteroatoms. The van der Waals surface area contributed by atoms with E-state index in [4.69, 9.17) is 5.73 Å². The molecule has 112 valence electrons. The first-order chi connectivity index (χ1) is 10.0. The Balaban J connectivity index is 2.30. The van der Waals surface area contributed by atoms with Crippen LogP contribution in [0.25, 0.3) is 0 Å². The van der Waals surface area contributed by atoms with Crippen LogP contribution in [0.3, 0.4) is 0 Å². The average Bonchev–Trinajstić information content (AvgIpc) is 2.90. The maximum Gasteiger partial charge on any atom is 0.273 e. The normalized spacial score (nSPS) is 12.1. The molecule has 2 rings (SSSR count). The maximum absolute atomic E-state index is 12.7. The van der Waals surface area contributed by atoms with Crippen molar-refractivity contribution in [2.75, 3.05) is 12.3 Å². The molecule has 2 aromatic rings. The Labute approximate surface area is 137 Å². The molecule has 0 radical (unpaired) electrons. The highest BCUT2D eigenvalue weighted by molar-refractivity contribution is 9.10. The maximum atomic E-state index is 12.7. The van der Waals surface area contributed by atoms with Gasteiger partial charge in [-0.3, -0.25) is 4.79 Å². The van der Waals surface area contributed by atoms with Crippen LogP contribution in [0.4, 0.5) is 5.13 Å². The van der Waals surface area contributed by atoms with Gasteiger partial charge >= 0.3 is 0 Å². The predicted molar refractivity (Wildman–Crippen MR) is 90.4 cm³/mol. The number of nitrogens with two attached hydrogens (primary N) is 1. The number of benzene rings is 1. The summed E-state index contributed by atoms with van der Waals surface area (Å²) in [6.45, 7) is 4.77. The van der Waals surface area contributed by atoms with Crippen molar-refractivity contribution < 1.29 is 4.79 Å². The molecular formula is C15H18BrN3OS. The summed E-state index contributed by atoms with van der Waals surface area (Å²) in [6, 6.07) is 7.93. The minimum absolute atomic E-state index is 0.0315. The number of carbonyl (C=O) groups is 1. The lowest BCUT2D eigenvalue weighted by Gasteiger charge is -2.29. The van der Waals surface area contributed by atoms with E-state index in [-0.39, 0.29) is 11.9 Å². The number of nitrogen functional groups attached to an aromatic ring is 1. The van der Waals surface area contributed by atoms with Gasteiger partial charge in [0, 0.05) is 16.4 Å². The molecule has 1 aromatic heterocycles. The Hall–Kier alpha value is -1.40. The van der Waals surface area contributed by atoms with E-state index in [0.29, 0.717) is 17.4 Å². The van der Waals surface area contributed by atoms with E-state index < -0.39 is 0 Å². The summed E-state index contributed by atoms with van der Waals surface area (Å²) in [6.07, 6.45) is 0.889. The smallest absolute Gasteiger partial charge is 0.273 e. The van der Waals surface area contributed by atoms with Crippen LogP contribution in [-0.2, 0) is 0 Å². The minimum Gasteiger partial charge on any atom is -0.375 e. The first-order valence-electron chi connectivity index (χ1n) is 6.81. The molecule has 0 spiro atoms. The standard InChI is InChI=1S/C15H18BrN3OS/c1-3-8-19(14(20)13-9-21-15(17)18-13)10(2)11-6-4-5-7-12(11)16/h4-7,9-10H,3,8H2,1-2H3,(H2,17,18). The number of amides is 1. The minimum atomic E-state index is -0.0759. The van der Waals surface area contributed by atoms with Gasteiger partial charge in [0.25, 0.3) is 5.91 Å². The van der Waals surface area contributed by atoms with Gasteiger partial charge in [0.05, 0.1) is 6.04 Å². The van der Waals surface area contributed by atoms with Crippen LogP contribution in [0.5, 0.6) is 0 Å². The number of aromatic nitrogens is 1. The van der Waals surface area contributed by atoms with Crippen LogP contribution in [0.2, 0.25) is 0 Å². The van der Waals surface area contributed by atoms with Gasteiger partial charge in [0.15, 0.2) is 5.13 Å². The van der Waals surface area contributed by atoms with Crippen LogP contribution in [0.1, 0.15) is 42.4 Å². The molecule has 1 aromatic carbocycles. The quantitative estimate of drug-likeness (QED) is 0.864. The second-order valence-electron chi connectivity index (χ2n) is 4.77. The fourth-order valence-electron chi connectivity index (χ4n) is 2.23. The third kappa shape index (κ3) is 3.63. The van der Waals surface area contributed by atoms with Gasteiger partial charge in [0.2, 0.25) is 0 Å². The SMILES string of the molecule is CCCN(C(=O)c1csc(N)n1)C(C)c1ccccc1Br. The molecule has 0 aliphatic carbocycles. The molecule has 4 nitrogen and oxygen atoms in total. The zero-order valence-corrected chi connectivity index (χ0v) is 14.4. The Morgan fingerprint density at radius 1 is 1.48 bits per heavy atom. The summed E-state index contributed by atoms with van der Waals surface area (Å²) in [5, 5.41) is 2.14. The first kappa shape index (κ1) is 16.0. The number of hydrogen-bond acceptors (Lipinski definition) is 4. The molecular weight excluding hydrogens is 350 g/mol. The summed E-state index contributed by atoms with van der Waals surface area (Å²) in [5.41, 5.74) is 7.14. The largest absolute Gasteiger partial charge is 0.375 e. The van der Waals surface area contributed by atoms with Crippen molar-refractivity contribution in [1.82, 2.24) is 9.88 Å². The Morgan fingerprint density at radius 3 is 2.76 bits per heavy atom. The van der Waals surface area contributed by atoms with Crippen molar-refractivity contribution in [2.45, 2.75) is 26.3 Å². The number of hydrogen-bond donors (Lipinski definition) is 1.